The number of aliphatic hydroxyl groups excluding tert-OH is 1. The van der Waals surface area contributed by atoms with Gasteiger partial charge in [-0.05, 0) is 20.3 Å². The maximum atomic E-state index is 12.5. The Bertz CT molecular complexity index is 760. The summed E-state index contributed by atoms with van der Waals surface area (Å²) in [6.45, 7) is 4.67. The summed E-state index contributed by atoms with van der Waals surface area (Å²) in [6, 6.07) is 0. The molecule has 0 saturated heterocycles. The molecular weight excluding hydrogens is 556 g/mol. The van der Waals surface area contributed by atoms with Crippen molar-refractivity contribution in [3.8, 4) is 0 Å². The Morgan fingerprint density at radius 1 is 1.29 bits per heavy atom. The molecule has 12 nitrogen and oxygen atoms in total. The molecule has 5 atom stereocenters. The van der Waals surface area contributed by atoms with Crippen LogP contribution < -0.4 is 10.6 Å². The number of carbonyl (C=O) groups excluding carboxylic acids is 4. The van der Waals surface area contributed by atoms with Crippen molar-refractivity contribution in [3.63, 3.8) is 0 Å². The van der Waals surface area contributed by atoms with E-state index in [4.69, 9.17) is 11.8 Å². The first-order chi connectivity index (χ1) is 12.8. The summed E-state index contributed by atoms with van der Waals surface area (Å²) in [6.07, 6.45) is -3.54. The van der Waals surface area contributed by atoms with E-state index >= 15 is 0 Å². The molecule has 0 aromatic heterocycles. The number of esters is 1. The molecule has 1 saturated carbocycles. The molecule has 0 radical (unpaired) electrons. The van der Waals surface area contributed by atoms with Gasteiger partial charge in [0.15, 0.2) is 17.4 Å². The molecule has 4 N–H and O–H groups in total. The molecule has 0 aromatic rings. The summed E-state index contributed by atoms with van der Waals surface area (Å²) in [7, 11) is 0. The van der Waals surface area contributed by atoms with E-state index in [-0.39, 0.29) is 12.4 Å². The van der Waals surface area contributed by atoms with Gasteiger partial charge in [-0.3, -0.25) is 29.8 Å². The molecule has 13 heteroatoms. The van der Waals surface area contributed by atoms with Crippen molar-refractivity contribution in [1.29, 1.82) is 0 Å². The van der Waals surface area contributed by atoms with Crippen LogP contribution in [0.25, 0.3) is 0 Å². The van der Waals surface area contributed by atoms with Crippen molar-refractivity contribution < 1.29 is 58.5 Å². The van der Waals surface area contributed by atoms with E-state index < -0.39 is 70.1 Å². The summed E-state index contributed by atoms with van der Waals surface area (Å²) < 4.78 is 22.1. The van der Waals surface area contributed by atoms with Gasteiger partial charge in [-0.2, -0.15) is 0 Å². The number of guanidine groups is 1. The summed E-state index contributed by atoms with van der Waals surface area (Å²) in [5.74, 6) is -4.15. The second-order valence-corrected chi connectivity index (χ2v) is 7.08. The molecular formula is C15H21N3O9Os. The Balaban J connectivity index is 0.00000122. The van der Waals surface area contributed by atoms with E-state index in [9.17, 15) is 29.4 Å². The summed E-state index contributed by atoms with van der Waals surface area (Å²) in [5, 5.41) is 25.5. The van der Waals surface area contributed by atoms with Crippen LogP contribution in [0.15, 0.2) is 4.99 Å². The fraction of sp³-hybridized carbons (Fsp3) is 0.667. The predicted molar refractivity (Wildman–Crippen MR) is 84.5 cm³/mol. The zero-order chi connectivity index (χ0) is 21.9. The van der Waals surface area contributed by atoms with Gasteiger partial charge in [0.1, 0.15) is 6.10 Å². The van der Waals surface area contributed by atoms with Gasteiger partial charge < -0.3 is 14.9 Å². The number of ketones is 1. The monoisotopic (exact) mass is 579 g/mol. The molecule has 1 aliphatic carbocycles. The van der Waals surface area contributed by atoms with Crippen LogP contribution in [-0.2, 0) is 48.3 Å². The van der Waals surface area contributed by atoms with Crippen LogP contribution in [0.2, 0.25) is 0 Å². The first kappa shape index (κ1) is 23.9. The molecule has 0 spiro atoms. The number of nitrogens with one attached hydrogen (secondary N) is 2. The quantitative estimate of drug-likeness (QED) is 0.263. The fourth-order valence-electron chi connectivity index (χ4n) is 3.39. The Hall–Kier alpha value is -2.09. The van der Waals surface area contributed by atoms with Crippen LogP contribution in [0, 0.1) is 5.92 Å². The van der Waals surface area contributed by atoms with E-state index in [1.165, 1.54) is 13.8 Å². The molecule has 1 heterocycles. The van der Waals surface area contributed by atoms with Gasteiger partial charge in [0.25, 0.3) is 0 Å². The Morgan fingerprint density at radius 3 is 2.25 bits per heavy atom. The average Bonchev–Trinajstić information content (AvgIpc) is 2.53. The molecule has 28 heavy (non-hydrogen) atoms. The molecule has 158 valence electrons. The molecule has 1 fully saturated rings. The van der Waals surface area contributed by atoms with Gasteiger partial charge >= 0.3 is 30.4 Å². The molecule has 2 amide bonds. The number of Topliss-reactive ketones (excluding diaryl/α,β-unsaturated/α-hetero) is 1. The number of hydrogen-bond acceptors (Lipinski definition) is 10. The molecule has 1 aliphatic heterocycles. The van der Waals surface area contributed by atoms with Gasteiger partial charge in [0, 0.05) is 13.8 Å². The number of ether oxygens (including phenoxy) is 1. The van der Waals surface area contributed by atoms with Crippen molar-refractivity contribution >= 4 is 29.5 Å². The second-order valence-electron chi connectivity index (χ2n) is 6.66. The van der Waals surface area contributed by atoms with Gasteiger partial charge in [0.2, 0.25) is 17.8 Å². The normalized spacial score (nSPS) is 33.9. The third-order valence-corrected chi connectivity index (χ3v) is 4.51. The SMILES string of the molecule is CC(=O)NC1=NC2(C(C)=O)C(CC(C)(O)C(O)C2OC(C)=O)C(=O)N1.[O]=[Os]=[O]. The predicted octanol–water partition coefficient (Wildman–Crippen LogP) is -2.24. The number of nitrogens with zero attached hydrogens (tertiary/aromatic N) is 1. The van der Waals surface area contributed by atoms with E-state index in [2.05, 4.69) is 15.6 Å². The minimum absolute atomic E-state index is 0.283. The second kappa shape index (κ2) is 8.94. The van der Waals surface area contributed by atoms with Crippen LogP contribution in [-0.4, -0.2) is 63.1 Å². The van der Waals surface area contributed by atoms with Gasteiger partial charge in [-0.1, -0.05) is 0 Å². The maximum absolute atomic E-state index is 12.5. The zero-order valence-electron chi connectivity index (χ0n) is 15.5. The van der Waals surface area contributed by atoms with Gasteiger partial charge in [-0.15, -0.1) is 0 Å². The third kappa shape index (κ3) is 4.66. The van der Waals surface area contributed by atoms with Crippen LogP contribution in [0.3, 0.4) is 0 Å². The molecule has 2 aliphatic rings. The third-order valence-electron chi connectivity index (χ3n) is 4.51. The number of amides is 2. The minimum atomic E-state index is -2.08. The number of aliphatic hydroxyl groups is 2. The zero-order valence-corrected chi connectivity index (χ0v) is 18.0. The van der Waals surface area contributed by atoms with Crippen molar-refractivity contribution in [2.24, 2.45) is 10.9 Å². The number of aliphatic imine (C=N–C) groups is 1. The van der Waals surface area contributed by atoms with Crippen LogP contribution in [0.4, 0.5) is 0 Å². The Morgan fingerprint density at radius 2 is 1.82 bits per heavy atom. The van der Waals surface area contributed by atoms with Crippen LogP contribution in [0.1, 0.15) is 34.1 Å². The van der Waals surface area contributed by atoms with Crippen molar-refractivity contribution in [3.05, 3.63) is 0 Å². The van der Waals surface area contributed by atoms with E-state index in [1.54, 1.807) is 0 Å². The first-order valence-electron chi connectivity index (χ1n) is 7.97. The summed E-state index contributed by atoms with van der Waals surface area (Å²) in [5.41, 5.74) is -3.74. The number of rotatable bonds is 2. The fourth-order valence-corrected chi connectivity index (χ4v) is 3.39. The van der Waals surface area contributed by atoms with Crippen LogP contribution in [0.5, 0.6) is 0 Å². The summed E-state index contributed by atoms with van der Waals surface area (Å²) >= 11 is -2.08. The number of hydrogen-bond donors (Lipinski definition) is 4. The van der Waals surface area contributed by atoms with Crippen molar-refractivity contribution in [2.75, 3.05) is 0 Å². The molecule has 5 unspecified atom stereocenters. The topological polar surface area (TPSA) is 189 Å². The van der Waals surface area contributed by atoms with Crippen LogP contribution >= 0.6 is 0 Å². The van der Waals surface area contributed by atoms with E-state index in [1.807, 2.05) is 0 Å². The first-order valence-corrected chi connectivity index (χ1v) is 10.0. The van der Waals surface area contributed by atoms with E-state index in [0.717, 1.165) is 13.8 Å². The van der Waals surface area contributed by atoms with E-state index in [0.29, 0.717) is 0 Å². The molecule has 2 rings (SSSR count). The molecule has 0 bridgehead atoms. The van der Waals surface area contributed by atoms with Crippen molar-refractivity contribution in [2.45, 2.75) is 57.5 Å². The number of fused-ring (bicyclic) bond motifs is 1. The van der Waals surface area contributed by atoms with Crippen molar-refractivity contribution in [1.82, 2.24) is 10.6 Å². The van der Waals surface area contributed by atoms with Gasteiger partial charge in [0.05, 0.1) is 11.5 Å². The molecule has 0 aromatic carbocycles. The number of carbonyl (C=O) groups is 4. The Labute approximate surface area is 167 Å². The average molecular weight is 578 g/mol. The van der Waals surface area contributed by atoms with Gasteiger partial charge in [-0.25, -0.2) is 4.99 Å². The Kier molecular flexibility index (Phi) is 7.64. The summed E-state index contributed by atoms with van der Waals surface area (Å²) in [4.78, 5) is 51.9. The standard InChI is InChI=1S/C15H21N3O7.2O.Os/c1-6(19)15-9(12(23)17-13(18-15)16-7(2)20)5-14(4,24)10(22)11(15)25-8(3)21;;;/h9-11,22,24H,5H2,1-4H3,(H2,16,17,18,20,23);;;.